The van der Waals surface area contributed by atoms with Gasteiger partial charge in [0.2, 0.25) is 5.78 Å². The molecule has 2 aliphatic rings. The number of allylic oxidation sites excluding steroid dienone is 5. The van der Waals surface area contributed by atoms with Crippen LogP contribution in [0, 0.1) is 0 Å². The first-order chi connectivity index (χ1) is 26.3. The molecule has 0 radical (unpaired) electrons. The molecule has 0 atom stereocenters. The fourth-order valence-corrected chi connectivity index (χ4v) is 7.39. The molecule has 0 aliphatic heterocycles. The van der Waals surface area contributed by atoms with Gasteiger partial charge in [0.1, 0.15) is 31.3 Å². The molecule has 0 unspecified atom stereocenters. The summed E-state index contributed by atoms with van der Waals surface area (Å²) in [7, 11) is -15.6. The number of nitrogen functional groups attached to an aromatic ring is 2. The molecule has 0 spiro atoms. The molecule has 0 amide bonds. The average molecular weight is 818 g/mol. The summed E-state index contributed by atoms with van der Waals surface area (Å²) in [5.74, 6) is -1.31. The van der Waals surface area contributed by atoms with E-state index in [1.165, 1.54) is 60.7 Å². The van der Waals surface area contributed by atoms with Gasteiger partial charge in [-0.15, -0.1) is 5.11 Å². The zero-order valence-corrected chi connectivity index (χ0v) is 30.5. The van der Waals surface area contributed by atoms with Crippen LogP contribution >= 0.6 is 0 Å². The molecule has 0 heterocycles. The maximum absolute atomic E-state index is 13.6. The van der Waals surface area contributed by atoms with E-state index in [1.807, 2.05) is 0 Å². The van der Waals surface area contributed by atoms with Crippen molar-refractivity contribution in [2.45, 2.75) is 9.79 Å². The summed E-state index contributed by atoms with van der Waals surface area (Å²) in [5, 5.41) is 15.9. The summed E-state index contributed by atoms with van der Waals surface area (Å²) in [6.07, 6.45) is 6.17. The highest BCUT2D eigenvalue weighted by Crippen LogP contribution is 2.36. The Balaban J connectivity index is 1.35. The molecule has 4 aromatic carbocycles. The number of benzene rings is 4. The topological polar surface area (TPSA) is 326 Å². The molecule has 56 heavy (non-hydrogen) atoms. The van der Waals surface area contributed by atoms with Crippen molar-refractivity contribution in [3.63, 3.8) is 0 Å². The molecular weight excluding hydrogens is 793 g/mol. The molecule has 19 nitrogen and oxygen atoms in total. The number of hydrazone groups is 2. The highest BCUT2D eigenvalue weighted by molar-refractivity contribution is 7.91. The van der Waals surface area contributed by atoms with Gasteiger partial charge < -0.3 is 16.0 Å². The van der Waals surface area contributed by atoms with Crippen LogP contribution in [0.2, 0.25) is 0 Å². The first kappa shape index (κ1) is 39.0. The molecule has 0 bridgehead atoms. The number of nitrogens with zero attached hydrogens (tertiary/aromatic N) is 4. The number of hydrogen-bond acceptors (Lipinski definition) is 17. The Morgan fingerprint density at radius 1 is 0.643 bits per heavy atom. The molecule has 0 aromatic heterocycles. The van der Waals surface area contributed by atoms with E-state index < -0.39 is 62.1 Å². The molecule has 0 saturated carbocycles. The lowest BCUT2D eigenvalue weighted by Gasteiger charge is -2.20. The van der Waals surface area contributed by atoms with Gasteiger partial charge in [0, 0.05) is 22.4 Å². The van der Waals surface area contributed by atoms with E-state index in [4.69, 9.17) is 11.5 Å². The van der Waals surface area contributed by atoms with Gasteiger partial charge in [0.15, 0.2) is 5.78 Å². The first-order valence-corrected chi connectivity index (χ1v) is 19.8. The summed E-state index contributed by atoms with van der Waals surface area (Å²) in [4.78, 5) is 22.2. The van der Waals surface area contributed by atoms with Crippen molar-refractivity contribution >= 4 is 93.5 Å². The highest BCUT2D eigenvalue weighted by atomic mass is 32.2. The lowest BCUT2D eigenvalue weighted by Crippen LogP contribution is -2.27. The second kappa shape index (κ2) is 14.9. The summed E-state index contributed by atoms with van der Waals surface area (Å²) in [6.45, 7) is 0. The minimum atomic E-state index is -5.33. The summed E-state index contributed by atoms with van der Waals surface area (Å²) >= 11 is 0. The van der Waals surface area contributed by atoms with Crippen molar-refractivity contribution in [3.8, 4) is 11.1 Å². The largest absolute Gasteiger partial charge is 0.744 e. The summed E-state index contributed by atoms with van der Waals surface area (Å²) < 4.78 is 107. The highest BCUT2D eigenvalue weighted by Gasteiger charge is 2.30. The average Bonchev–Trinajstić information content (AvgIpc) is 3.12. The number of azo groups is 1. The van der Waals surface area contributed by atoms with Crippen LogP contribution in [0.4, 0.5) is 34.1 Å². The fraction of sp³-hybridized carbons (Fsp3) is 0. The minimum absolute atomic E-state index is 0.0210. The van der Waals surface area contributed by atoms with Gasteiger partial charge in [-0.05, 0) is 90.5 Å². The number of fused-ring (bicyclic) bond motifs is 1. The maximum Gasteiger partial charge on any atom is 0.295 e. The van der Waals surface area contributed by atoms with E-state index in [0.29, 0.717) is 11.4 Å². The number of carbonyl (C=O) groups excluding carboxylic acids is 2. The third-order valence-corrected chi connectivity index (χ3v) is 10.5. The van der Waals surface area contributed by atoms with Crippen molar-refractivity contribution in [1.82, 2.24) is 0 Å². The van der Waals surface area contributed by atoms with Crippen molar-refractivity contribution < 1.29 is 48.5 Å². The van der Waals surface area contributed by atoms with Crippen LogP contribution < -0.4 is 22.3 Å². The van der Waals surface area contributed by atoms with E-state index in [0.717, 1.165) is 36.4 Å². The van der Waals surface area contributed by atoms with Gasteiger partial charge in [-0.25, -0.2) is 8.42 Å². The second-order valence-electron chi connectivity index (χ2n) is 11.7. The van der Waals surface area contributed by atoms with Gasteiger partial charge in [0.05, 0.1) is 33.4 Å². The molecule has 0 saturated heterocycles. The van der Waals surface area contributed by atoms with Crippen LogP contribution in [0.15, 0.2) is 132 Å². The number of Topliss-reactive ketones (excluding diaryl/α,β-unsaturated/α-hetero) is 1. The molecular formula is C34H25N8O11S3-. The molecule has 4 aromatic rings. The molecule has 2 aliphatic carbocycles. The lowest BCUT2D eigenvalue weighted by molar-refractivity contribution is -0.110. The van der Waals surface area contributed by atoms with Crippen LogP contribution in [0.5, 0.6) is 0 Å². The third-order valence-electron chi connectivity index (χ3n) is 7.87. The van der Waals surface area contributed by atoms with Gasteiger partial charge in [-0.2, -0.15) is 32.2 Å². The smallest absolute Gasteiger partial charge is 0.295 e. The Morgan fingerprint density at radius 3 is 1.79 bits per heavy atom. The first-order valence-electron chi connectivity index (χ1n) is 15.5. The van der Waals surface area contributed by atoms with Crippen molar-refractivity contribution in [1.29, 1.82) is 0 Å². The normalized spacial score (nSPS) is 15.2. The van der Waals surface area contributed by atoms with Gasteiger partial charge in [0.25, 0.3) is 20.2 Å². The lowest BCUT2D eigenvalue weighted by atomic mass is 9.94. The zero-order chi connectivity index (χ0) is 40.6. The Bertz CT molecular complexity index is 2880. The predicted octanol–water partition coefficient (Wildman–Crippen LogP) is 4.44. The molecule has 22 heteroatoms. The van der Waals surface area contributed by atoms with Crippen molar-refractivity contribution in [2.75, 3.05) is 22.3 Å². The van der Waals surface area contributed by atoms with E-state index in [-0.39, 0.29) is 50.9 Å². The van der Waals surface area contributed by atoms with Crippen LogP contribution in [0.1, 0.15) is 15.9 Å². The van der Waals surface area contributed by atoms with Crippen LogP contribution in [0.3, 0.4) is 0 Å². The SMILES string of the molecule is Nc1ccc(N=Nc2ccc3c(c2)C(=O)C(=NNc2ccc(-c4ccc(NN=C5C=CC(=O)C=C5)cc4S(=O)(=O)O)c(S(=O)(=O)O)c2)C(S(=O)(=O)[O-])=C3)c(N)c1. The Hall–Kier alpha value is -6.69. The summed E-state index contributed by atoms with van der Waals surface area (Å²) in [6, 6.07) is 14.8. The molecule has 286 valence electrons. The number of ketones is 2. The maximum atomic E-state index is 13.6. The number of hydrogen-bond donors (Lipinski definition) is 6. The van der Waals surface area contributed by atoms with Crippen LogP contribution in [-0.2, 0) is 35.1 Å². The molecule has 6 rings (SSSR count). The monoisotopic (exact) mass is 817 g/mol. The standard InChI is InChI=1S/C34H26N8O11S3/c35-19-2-12-29(28(36)14-19)41-39-21-3-1-18-13-32(56(51,52)53)33(34(44)27(18)15-21)42-40-23-7-11-26(31(17-23)55(48,49)50)25-10-6-22(16-30(25)54(45,46)47)38-37-20-4-8-24(43)9-5-20/h1-17,38,40H,35-36H2,(H,45,46,47)(H,48,49,50)(H,51,52,53)/p-1. The van der Waals surface area contributed by atoms with Crippen molar-refractivity contribution in [2.24, 2.45) is 20.4 Å². The summed E-state index contributed by atoms with van der Waals surface area (Å²) in [5.41, 5.74) is 15.7. The predicted molar refractivity (Wildman–Crippen MR) is 205 cm³/mol. The Kier molecular flexibility index (Phi) is 10.4. The Labute approximate surface area is 317 Å². The number of carbonyl (C=O) groups is 2. The number of anilines is 4. The molecule has 8 N–H and O–H groups in total. The number of rotatable bonds is 10. The fourth-order valence-electron chi connectivity index (χ4n) is 5.28. The van der Waals surface area contributed by atoms with Gasteiger partial charge in [-0.1, -0.05) is 18.2 Å². The van der Waals surface area contributed by atoms with Gasteiger partial charge in [-0.3, -0.25) is 29.5 Å². The zero-order valence-electron chi connectivity index (χ0n) is 28.1. The number of nitrogens with two attached hydrogens (primary N) is 2. The number of nitrogens with one attached hydrogen (secondary N) is 2. The van der Waals surface area contributed by atoms with E-state index in [1.54, 1.807) is 6.07 Å². The molecule has 0 fully saturated rings. The third kappa shape index (κ3) is 8.65. The second-order valence-corrected chi connectivity index (χ2v) is 15.9. The van der Waals surface area contributed by atoms with E-state index in [2.05, 4.69) is 31.3 Å². The van der Waals surface area contributed by atoms with Crippen LogP contribution in [0.25, 0.3) is 17.2 Å². The van der Waals surface area contributed by atoms with E-state index in [9.17, 15) is 48.5 Å². The van der Waals surface area contributed by atoms with E-state index >= 15 is 0 Å². The minimum Gasteiger partial charge on any atom is -0.744 e. The van der Waals surface area contributed by atoms with Crippen LogP contribution in [-0.4, -0.2) is 61.9 Å². The quantitative estimate of drug-likeness (QED) is 0.0423. The Morgan fingerprint density at radius 2 is 1.23 bits per heavy atom. The van der Waals surface area contributed by atoms with Crippen molar-refractivity contribution in [3.05, 3.63) is 113 Å². The van der Waals surface area contributed by atoms with Gasteiger partial charge >= 0.3 is 0 Å².